The first-order chi connectivity index (χ1) is 8.56. The van der Waals surface area contributed by atoms with Crippen molar-refractivity contribution in [1.29, 1.82) is 0 Å². The minimum atomic E-state index is -0.854. The van der Waals surface area contributed by atoms with E-state index in [4.69, 9.17) is 0 Å². The van der Waals surface area contributed by atoms with E-state index in [0.29, 0.717) is 5.69 Å². The lowest BCUT2D eigenvalue weighted by molar-refractivity contribution is 0.0684. The molecule has 0 atom stereocenters. The summed E-state index contributed by atoms with van der Waals surface area (Å²) in [5, 5.41) is 9.22. The van der Waals surface area contributed by atoms with E-state index in [-0.39, 0.29) is 4.75 Å². The Morgan fingerprint density at radius 3 is 2.72 bits per heavy atom. The Bertz CT molecular complexity index is 438. The Hall–Kier alpha value is -0.420. The molecule has 1 saturated carbocycles. The fourth-order valence-electron chi connectivity index (χ4n) is 2.72. The number of carboxylic acid groups (broad SMARTS) is 1. The molecular formula is C13H18BrNO2S. The number of aromatic nitrogens is 1. The van der Waals surface area contributed by atoms with Crippen molar-refractivity contribution >= 4 is 33.7 Å². The van der Waals surface area contributed by atoms with Gasteiger partial charge in [-0.1, -0.05) is 19.3 Å². The van der Waals surface area contributed by atoms with E-state index in [0.717, 1.165) is 11.0 Å². The van der Waals surface area contributed by atoms with Crippen LogP contribution >= 0.6 is 27.7 Å². The summed E-state index contributed by atoms with van der Waals surface area (Å²) in [5.41, 5.74) is 0.376. The highest BCUT2D eigenvalue weighted by Gasteiger charge is 2.32. The van der Waals surface area contributed by atoms with Crippen LogP contribution in [0.1, 0.15) is 42.6 Å². The maximum absolute atomic E-state index is 11.2. The van der Waals surface area contributed by atoms with E-state index in [9.17, 15) is 9.90 Å². The lowest BCUT2D eigenvalue weighted by Gasteiger charge is -2.36. The predicted molar refractivity (Wildman–Crippen MR) is 78.4 cm³/mol. The summed E-state index contributed by atoms with van der Waals surface area (Å²) in [4.78, 5) is 11.2. The largest absolute Gasteiger partial charge is 0.477 e. The first-order valence-corrected chi connectivity index (χ1v) is 8.22. The molecule has 5 heteroatoms. The van der Waals surface area contributed by atoms with E-state index in [1.54, 1.807) is 6.07 Å². The van der Waals surface area contributed by atoms with E-state index in [1.165, 1.54) is 32.1 Å². The molecular weight excluding hydrogens is 314 g/mol. The van der Waals surface area contributed by atoms with Gasteiger partial charge >= 0.3 is 5.97 Å². The van der Waals surface area contributed by atoms with E-state index in [2.05, 4.69) is 22.2 Å². The Morgan fingerprint density at radius 2 is 2.17 bits per heavy atom. The molecule has 0 saturated heterocycles. The Balaban J connectivity index is 2.23. The lowest BCUT2D eigenvalue weighted by atomic mass is 9.88. The molecule has 1 fully saturated rings. The monoisotopic (exact) mass is 331 g/mol. The van der Waals surface area contributed by atoms with Crippen molar-refractivity contribution in [2.24, 2.45) is 0 Å². The summed E-state index contributed by atoms with van der Waals surface area (Å²) in [5.74, 6) is -0.854. The van der Waals surface area contributed by atoms with Crippen LogP contribution in [0.3, 0.4) is 0 Å². The number of nitrogens with zero attached hydrogens (tertiary/aromatic N) is 1. The summed E-state index contributed by atoms with van der Waals surface area (Å²) in [6, 6.07) is 1.68. The molecule has 1 N–H and O–H groups in total. The van der Waals surface area contributed by atoms with E-state index < -0.39 is 5.97 Å². The molecule has 0 bridgehead atoms. The number of aromatic carboxylic acids is 1. The highest BCUT2D eigenvalue weighted by molar-refractivity contribution is 9.10. The Morgan fingerprint density at radius 1 is 1.50 bits per heavy atom. The zero-order chi connectivity index (χ0) is 13.2. The summed E-state index contributed by atoms with van der Waals surface area (Å²) in [6.45, 7) is 0.793. The van der Waals surface area contributed by atoms with Crippen LogP contribution < -0.4 is 0 Å². The van der Waals surface area contributed by atoms with Crippen molar-refractivity contribution in [2.45, 2.75) is 43.4 Å². The van der Waals surface area contributed by atoms with Crippen LogP contribution in [-0.4, -0.2) is 26.6 Å². The second kappa shape index (κ2) is 5.70. The zero-order valence-corrected chi connectivity index (χ0v) is 12.9. The molecule has 1 aliphatic rings. The third kappa shape index (κ3) is 2.94. The molecule has 1 heterocycles. The average molecular weight is 332 g/mol. The minimum Gasteiger partial charge on any atom is -0.477 e. The van der Waals surface area contributed by atoms with Crippen molar-refractivity contribution in [3.8, 4) is 0 Å². The van der Waals surface area contributed by atoms with Gasteiger partial charge in [-0.3, -0.25) is 0 Å². The molecule has 3 nitrogen and oxygen atoms in total. The number of hydrogen-bond acceptors (Lipinski definition) is 2. The third-order valence-electron chi connectivity index (χ3n) is 3.74. The van der Waals surface area contributed by atoms with Crippen molar-refractivity contribution in [3.63, 3.8) is 0 Å². The summed E-state index contributed by atoms with van der Waals surface area (Å²) in [7, 11) is 0. The van der Waals surface area contributed by atoms with Gasteiger partial charge in [0.2, 0.25) is 0 Å². The van der Waals surface area contributed by atoms with Gasteiger partial charge in [-0.2, -0.15) is 11.8 Å². The number of carbonyl (C=O) groups is 1. The minimum absolute atomic E-state index is 0.209. The molecule has 0 spiro atoms. The molecule has 0 amide bonds. The third-order valence-corrected chi connectivity index (χ3v) is 5.58. The van der Waals surface area contributed by atoms with Gasteiger partial charge in [0.1, 0.15) is 5.69 Å². The molecule has 0 aromatic carbocycles. The molecule has 1 aromatic rings. The second-order valence-electron chi connectivity index (χ2n) is 4.92. The van der Waals surface area contributed by atoms with Gasteiger partial charge in [0, 0.05) is 22.0 Å². The van der Waals surface area contributed by atoms with E-state index >= 15 is 0 Å². The number of hydrogen-bond donors (Lipinski definition) is 1. The zero-order valence-electron chi connectivity index (χ0n) is 10.5. The van der Waals surface area contributed by atoms with Gasteiger partial charge < -0.3 is 9.67 Å². The number of halogens is 1. The number of thioether (sulfide) groups is 1. The Labute approximate surface area is 120 Å². The summed E-state index contributed by atoms with van der Waals surface area (Å²) >= 11 is 5.25. The molecule has 18 heavy (non-hydrogen) atoms. The first kappa shape index (κ1) is 14.0. The van der Waals surface area contributed by atoms with Crippen LogP contribution in [0.25, 0.3) is 0 Å². The second-order valence-corrected chi connectivity index (χ2v) is 7.11. The maximum Gasteiger partial charge on any atom is 0.352 e. The van der Waals surface area contributed by atoms with Crippen LogP contribution in [0.4, 0.5) is 0 Å². The number of rotatable bonds is 4. The van der Waals surface area contributed by atoms with Crippen LogP contribution in [0, 0.1) is 0 Å². The fourth-order valence-corrected chi connectivity index (χ4v) is 4.15. The molecule has 0 aliphatic heterocycles. The van der Waals surface area contributed by atoms with Crippen molar-refractivity contribution < 1.29 is 9.90 Å². The molecule has 100 valence electrons. The highest BCUT2D eigenvalue weighted by Crippen LogP contribution is 2.40. The van der Waals surface area contributed by atoms with E-state index in [1.807, 2.05) is 22.5 Å². The highest BCUT2D eigenvalue weighted by atomic mass is 79.9. The van der Waals surface area contributed by atoms with Gasteiger partial charge in [-0.25, -0.2) is 4.79 Å². The molecule has 1 aromatic heterocycles. The van der Waals surface area contributed by atoms with Gasteiger partial charge in [-0.15, -0.1) is 0 Å². The standard InChI is InChI=1S/C13H18BrNO2S/c1-18-13(5-3-2-4-6-13)9-15-8-10(14)7-11(15)12(16)17/h7-8H,2-6,9H2,1H3,(H,16,17). The summed E-state index contributed by atoms with van der Waals surface area (Å²) in [6.07, 6.45) is 10.2. The van der Waals surface area contributed by atoms with Gasteiger partial charge in [0.05, 0.1) is 0 Å². The number of carboxylic acids is 1. The van der Waals surface area contributed by atoms with Gasteiger partial charge in [-0.05, 0) is 41.1 Å². The van der Waals surface area contributed by atoms with Crippen LogP contribution in [-0.2, 0) is 6.54 Å². The van der Waals surface area contributed by atoms with Gasteiger partial charge in [0.25, 0.3) is 0 Å². The van der Waals surface area contributed by atoms with Crippen LogP contribution in [0.2, 0.25) is 0 Å². The molecule has 0 unspecified atom stereocenters. The maximum atomic E-state index is 11.2. The van der Waals surface area contributed by atoms with Crippen LogP contribution in [0.15, 0.2) is 16.7 Å². The topological polar surface area (TPSA) is 42.2 Å². The SMILES string of the molecule is CSC1(Cn2cc(Br)cc2C(=O)O)CCCCC1. The average Bonchev–Trinajstić information content (AvgIpc) is 2.71. The lowest BCUT2D eigenvalue weighted by Crippen LogP contribution is -2.33. The van der Waals surface area contributed by atoms with Crippen molar-refractivity contribution in [2.75, 3.05) is 6.26 Å². The normalized spacial score (nSPS) is 18.8. The predicted octanol–water partition coefficient (Wildman–Crippen LogP) is 4.01. The van der Waals surface area contributed by atoms with Crippen LogP contribution in [0.5, 0.6) is 0 Å². The smallest absolute Gasteiger partial charge is 0.352 e. The molecule has 0 radical (unpaired) electrons. The molecule has 2 rings (SSSR count). The summed E-state index contributed by atoms with van der Waals surface area (Å²) < 4.78 is 2.93. The van der Waals surface area contributed by atoms with Crippen molar-refractivity contribution in [3.05, 3.63) is 22.4 Å². The van der Waals surface area contributed by atoms with Gasteiger partial charge in [0.15, 0.2) is 0 Å². The Kier molecular flexibility index (Phi) is 4.43. The first-order valence-electron chi connectivity index (χ1n) is 6.20. The van der Waals surface area contributed by atoms with Crippen molar-refractivity contribution in [1.82, 2.24) is 4.57 Å². The quantitative estimate of drug-likeness (QED) is 0.906. The fraction of sp³-hybridized carbons (Fsp3) is 0.615. The molecule has 1 aliphatic carbocycles.